The lowest BCUT2D eigenvalue weighted by atomic mass is 10.1. The van der Waals surface area contributed by atoms with E-state index in [4.69, 9.17) is 24.3 Å². The second kappa shape index (κ2) is 11.3. The molecule has 17 heteroatoms. The van der Waals surface area contributed by atoms with Gasteiger partial charge in [0, 0.05) is 24.2 Å². The fourth-order valence-electron chi connectivity index (χ4n) is 3.49. The Hall–Kier alpha value is -2.61. The molecule has 0 radical (unpaired) electrons. The van der Waals surface area contributed by atoms with E-state index in [1.165, 1.54) is 31.4 Å². The van der Waals surface area contributed by atoms with Crippen molar-refractivity contribution in [2.45, 2.75) is 29.3 Å². The molecule has 0 fully saturated rings. The minimum atomic E-state index is -5.83. The Morgan fingerprint density at radius 3 is 1.35 bits per heavy atom. The Morgan fingerprint density at radius 1 is 0.700 bits per heavy atom. The average Bonchev–Trinajstić information content (AvgIpc) is 2.87. The van der Waals surface area contributed by atoms with E-state index in [0.717, 1.165) is 52.8 Å². The van der Waals surface area contributed by atoms with Crippen LogP contribution in [0.3, 0.4) is 0 Å². The van der Waals surface area contributed by atoms with Crippen LogP contribution in [0, 0.1) is 0 Å². The molecule has 10 nitrogen and oxygen atoms in total. The smallest absolute Gasteiger partial charge is 0.399 e. The molecule has 0 unspecified atom stereocenters. The first kappa shape index (κ1) is 31.9. The molecule has 0 aliphatic carbocycles. The fraction of sp³-hybridized carbons (Fsp3) is 0.217. The molecule has 3 rings (SSSR count). The van der Waals surface area contributed by atoms with Gasteiger partial charge in [0.25, 0.3) is 0 Å². The molecule has 0 saturated heterocycles. The van der Waals surface area contributed by atoms with Gasteiger partial charge >= 0.3 is 26.5 Å². The van der Waals surface area contributed by atoms with Crippen molar-refractivity contribution in [3.63, 3.8) is 0 Å². The number of hydrogen-bond donors (Lipinski definition) is 4. The number of benzene rings is 3. The van der Waals surface area contributed by atoms with Crippen molar-refractivity contribution in [2.24, 2.45) is 0 Å². The number of sulfonamides is 1. The summed E-state index contributed by atoms with van der Waals surface area (Å²) in [6.07, 6.45) is 0. The van der Waals surface area contributed by atoms with Crippen molar-refractivity contribution in [3.8, 4) is 5.75 Å². The highest BCUT2D eigenvalue weighted by Crippen LogP contribution is 2.60. The first-order chi connectivity index (χ1) is 18.3. The Morgan fingerprint density at radius 2 is 1.05 bits per heavy atom. The number of halogens is 4. The number of methoxy groups -OCH3 is 1. The molecule has 0 amide bonds. The Labute approximate surface area is 226 Å². The minimum Gasteiger partial charge on any atom is -0.497 e. The van der Waals surface area contributed by atoms with Gasteiger partial charge in [0.2, 0.25) is 10.0 Å². The van der Waals surface area contributed by atoms with Crippen molar-refractivity contribution in [1.82, 2.24) is 4.31 Å². The van der Waals surface area contributed by atoms with E-state index >= 15 is 0 Å². The molecule has 4 N–H and O–H groups in total. The first-order valence-electron chi connectivity index (χ1n) is 11.0. The minimum absolute atomic E-state index is 0.145. The maximum atomic E-state index is 14.0. The number of alkyl halides is 4. The van der Waals surface area contributed by atoms with Gasteiger partial charge in [-0.25, -0.2) is 8.42 Å². The summed E-state index contributed by atoms with van der Waals surface area (Å²) in [5.74, 6) is 0.355. The van der Waals surface area contributed by atoms with Crippen LogP contribution in [0.15, 0.2) is 77.7 Å². The molecule has 0 bridgehead atoms. The summed E-state index contributed by atoms with van der Waals surface area (Å²) in [5, 5.41) is 0. The molecule has 218 valence electrons. The van der Waals surface area contributed by atoms with Crippen LogP contribution in [0.4, 0.5) is 17.6 Å². The zero-order valence-electron chi connectivity index (χ0n) is 20.4. The van der Waals surface area contributed by atoms with Crippen molar-refractivity contribution in [1.29, 1.82) is 0 Å². The molecule has 0 saturated carbocycles. The summed E-state index contributed by atoms with van der Waals surface area (Å²) >= 11 is 0. The predicted octanol–water partition coefficient (Wildman–Crippen LogP) is 4.54. The molecule has 40 heavy (non-hydrogen) atoms. The highest BCUT2D eigenvalue weighted by molar-refractivity contribution is 7.89. The summed E-state index contributed by atoms with van der Waals surface area (Å²) in [7, 11) is -14.6. The molecular formula is C23H23F4NO9P2S. The topological polar surface area (TPSA) is 162 Å². The summed E-state index contributed by atoms with van der Waals surface area (Å²) in [4.78, 5) is 35.6. The van der Waals surface area contributed by atoms with E-state index < -0.39 is 60.8 Å². The molecule has 0 spiro atoms. The van der Waals surface area contributed by atoms with Crippen molar-refractivity contribution in [3.05, 3.63) is 95.1 Å². The van der Waals surface area contributed by atoms with E-state index in [-0.39, 0.29) is 16.0 Å². The van der Waals surface area contributed by atoms with Gasteiger partial charge in [-0.2, -0.15) is 21.9 Å². The van der Waals surface area contributed by atoms with Crippen LogP contribution in [0.25, 0.3) is 0 Å². The molecule has 3 aromatic carbocycles. The van der Waals surface area contributed by atoms with E-state index in [2.05, 4.69) is 0 Å². The van der Waals surface area contributed by atoms with Crippen LogP contribution in [-0.4, -0.2) is 39.4 Å². The second-order valence-electron chi connectivity index (χ2n) is 8.51. The van der Waals surface area contributed by atoms with Gasteiger partial charge in [-0.15, -0.1) is 0 Å². The van der Waals surface area contributed by atoms with Gasteiger partial charge in [-0.3, -0.25) is 9.13 Å². The Balaban J connectivity index is 1.98. The van der Waals surface area contributed by atoms with Crippen LogP contribution in [-0.2, 0) is 43.6 Å². The zero-order valence-corrected chi connectivity index (χ0v) is 23.0. The maximum absolute atomic E-state index is 14.0. The second-order valence-corrected chi connectivity index (χ2v) is 13.8. The molecule has 0 aromatic heterocycles. The summed E-state index contributed by atoms with van der Waals surface area (Å²) in [6, 6.07) is 12.4. The van der Waals surface area contributed by atoms with E-state index in [0.29, 0.717) is 5.75 Å². The van der Waals surface area contributed by atoms with Gasteiger partial charge < -0.3 is 24.3 Å². The van der Waals surface area contributed by atoms with Gasteiger partial charge in [-0.05, 0) is 35.4 Å². The van der Waals surface area contributed by atoms with Crippen LogP contribution < -0.4 is 4.74 Å². The molecule has 3 aromatic rings. The molecule has 0 atom stereocenters. The van der Waals surface area contributed by atoms with Crippen LogP contribution in [0.1, 0.15) is 22.3 Å². The molecule has 0 heterocycles. The molecule has 0 aliphatic heterocycles. The number of nitrogens with zero attached hydrogens (tertiary/aromatic N) is 1. The number of rotatable bonds is 11. The summed E-state index contributed by atoms with van der Waals surface area (Å²) in [6.45, 7) is -0.868. The van der Waals surface area contributed by atoms with E-state index in [1.54, 1.807) is 0 Å². The Bertz CT molecular complexity index is 1460. The van der Waals surface area contributed by atoms with Gasteiger partial charge in [0.15, 0.2) is 0 Å². The van der Waals surface area contributed by atoms with Gasteiger partial charge in [-0.1, -0.05) is 48.5 Å². The Kier molecular flexibility index (Phi) is 9.05. The number of hydrogen-bond acceptors (Lipinski definition) is 5. The first-order valence-corrected chi connectivity index (χ1v) is 15.7. The lowest BCUT2D eigenvalue weighted by Gasteiger charge is -2.24. The highest BCUT2D eigenvalue weighted by atomic mass is 32.2. The number of ether oxygens (including phenoxy) is 1. The van der Waals surface area contributed by atoms with Crippen molar-refractivity contribution in [2.75, 3.05) is 7.11 Å². The quantitative estimate of drug-likeness (QED) is 0.177. The highest BCUT2D eigenvalue weighted by Gasteiger charge is 2.51. The lowest BCUT2D eigenvalue weighted by molar-refractivity contribution is 0.0564. The fourth-order valence-corrected chi connectivity index (χ4v) is 5.87. The van der Waals surface area contributed by atoms with Gasteiger partial charge in [0.1, 0.15) is 5.75 Å². The van der Waals surface area contributed by atoms with E-state index in [1.807, 2.05) is 0 Å². The third kappa shape index (κ3) is 6.64. The largest absolute Gasteiger partial charge is 0.497 e. The van der Waals surface area contributed by atoms with Crippen molar-refractivity contribution < 1.29 is 59.4 Å². The monoisotopic (exact) mass is 627 g/mol. The summed E-state index contributed by atoms with van der Waals surface area (Å²) in [5.41, 5.74) is -10.6. The third-order valence-corrected chi connectivity index (χ3v) is 9.53. The standard InChI is InChI=1S/C23H23F4NO9P2S/c1-37-20-10-12-21(13-11-20)40(35,36)28(14-16-2-6-18(7-3-16)22(24,25)38(29,30)31)15-17-4-8-19(9-5-17)23(26,27)39(32,33)34/h2-13H,14-15H2,1H3,(H2,29,30,31)(H2,32,33,34). The normalized spacial score (nSPS) is 13.4. The SMILES string of the molecule is COc1ccc(S(=O)(=O)N(Cc2ccc(C(F)(F)P(=O)(O)O)cc2)Cc2ccc(C(F)(F)P(=O)(O)O)cc2)cc1. The molecule has 0 aliphatic rings. The lowest BCUT2D eigenvalue weighted by Crippen LogP contribution is -2.30. The predicted molar refractivity (Wildman–Crippen MR) is 134 cm³/mol. The third-order valence-electron chi connectivity index (χ3n) is 5.75. The molecular weight excluding hydrogens is 604 g/mol. The van der Waals surface area contributed by atoms with Gasteiger partial charge in [0.05, 0.1) is 12.0 Å². The summed E-state index contributed by atoms with van der Waals surface area (Å²) < 4.78 is 111. The van der Waals surface area contributed by atoms with Crippen LogP contribution in [0.2, 0.25) is 0 Å². The maximum Gasteiger partial charge on any atom is 0.399 e. The van der Waals surface area contributed by atoms with E-state index in [9.17, 15) is 35.1 Å². The average molecular weight is 627 g/mol. The van der Waals surface area contributed by atoms with Crippen LogP contribution in [0.5, 0.6) is 5.75 Å². The zero-order chi connectivity index (χ0) is 30.1. The van der Waals surface area contributed by atoms with Crippen molar-refractivity contribution >= 4 is 25.2 Å². The van der Waals surface area contributed by atoms with Crippen LogP contribution >= 0.6 is 15.2 Å².